The van der Waals surface area contributed by atoms with Crippen LogP contribution in [0.25, 0.3) is 0 Å². The number of hydrogen-bond donors (Lipinski definition) is 2. The van der Waals surface area contributed by atoms with E-state index in [4.69, 9.17) is 14.6 Å². The van der Waals surface area contributed by atoms with E-state index in [2.05, 4.69) is 22.6 Å². The number of halogens is 6. The van der Waals surface area contributed by atoms with Gasteiger partial charge in [-0.15, -0.1) is 0 Å². The van der Waals surface area contributed by atoms with E-state index in [0.717, 1.165) is 24.5 Å². The van der Waals surface area contributed by atoms with E-state index in [1.54, 1.807) is 12.4 Å². The number of aromatic nitrogens is 2. The summed E-state index contributed by atoms with van der Waals surface area (Å²) >= 11 is 4.53. The van der Waals surface area contributed by atoms with Crippen LogP contribution in [0.1, 0.15) is 24.5 Å². The average Bonchev–Trinajstić information content (AvgIpc) is 3.12. The number of nitrogens with zero attached hydrogens (tertiary/aromatic N) is 3. The fraction of sp³-hybridized carbons (Fsp3) is 0.450. The van der Waals surface area contributed by atoms with Crippen molar-refractivity contribution < 1.29 is 41.0 Å². The molecule has 1 saturated heterocycles. The van der Waals surface area contributed by atoms with Gasteiger partial charge in [-0.25, -0.2) is 27.9 Å². The monoisotopic (exact) mass is 497 g/mol. The molecular formula is C20H21F6N3O3S. The Balaban J connectivity index is 0.000000479. The van der Waals surface area contributed by atoms with Gasteiger partial charge in [0.1, 0.15) is 5.82 Å². The summed E-state index contributed by atoms with van der Waals surface area (Å²) < 4.78 is 77.2. The number of carbonyl (C=O) groups is 1. The zero-order valence-corrected chi connectivity index (χ0v) is 18.2. The summed E-state index contributed by atoms with van der Waals surface area (Å²) in [6, 6.07) is 1.34. The fourth-order valence-electron chi connectivity index (χ4n) is 2.95. The van der Waals surface area contributed by atoms with Gasteiger partial charge in [0, 0.05) is 35.8 Å². The van der Waals surface area contributed by atoms with Gasteiger partial charge in [0.15, 0.2) is 11.6 Å². The van der Waals surface area contributed by atoms with E-state index in [9.17, 15) is 26.3 Å². The molecule has 2 heterocycles. The molecule has 1 aromatic heterocycles. The Labute approximate surface area is 191 Å². The normalized spacial score (nSPS) is 18.1. The van der Waals surface area contributed by atoms with Crippen molar-refractivity contribution in [3.8, 4) is 0 Å². The van der Waals surface area contributed by atoms with Crippen LogP contribution < -0.4 is 4.90 Å². The minimum atomic E-state index is -5.08. The first-order valence-electron chi connectivity index (χ1n) is 9.69. The number of carboxylic acid groups (broad SMARTS) is 1. The van der Waals surface area contributed by atoms with Gasteiger partial charge in [-0.1, -0.05) is 6.92 Å². The van der Waals surface area contributed by atoms with E-state index in [1.165, 1.54) is 0 Å². The molecule has 0 bridgehead atoms. The predicted molar refractivity (Wildman–Crippen MR) is 110 cm³/mol. The minimum absolute atomic E-state index is 0.0144. The van der Waals surface area contributed by atoms with Gasteiger partial charge < -0.3 is 14.7 Å². The van der Waals surface area contributed by atoms with Gasteiger partial charge in [-0.3, -0.25) is 0 Å². The number of thiol groups is 1. The van der Waals surface area contributed by atoms with Crippen molar-refractivity contribution in [3.63, 3.8) is 0 Å². The molecule has 182 valence electrons. The van der Waals surface area contributed by atoms with Crippen LogP contribution >= 0.6 is 12.6 Å². The molecule has 0 saturated carbocycles. The molecule has 0 radical (unpaired) electrons. The van der Waals surface area contributed by atoms with Gasteiger partial charge >= 0.3 is 12.1 Å². The summed E-state index contributed by atoms with van der Waals surface area (Å²) in [6.07, 6.45) is 0.135. The highest BCUT2D eigenvalue weighted by Crippen LogP contribution is 2.26. The smallest absolute Gasteiger partial charge is 0.475 e. The SMILES string of the molecule is CCc1cnc(N2C[C@H](S)C[C@H]2COCc2cc(F)c(F)cc2F)nc1.O=C(O)C(F)(F)F. The lowest BCUT2D eigenvalue weighted by atomic mass is 10.2. The molecule has 1 aromatic carbocycles. The summed E-state index contributed by atoms with van der Waals surface area (Å²) in [5.74, 6) is -5.28. The van der Waals surface area contributed by atoms with E-state index < -0.39 is 29.6 Å². The van der Waals surface area contributed by atoms with Crippen LogP contribution in [0.15, 0.2) is 24.5 Å². The lowest BCUT2D eigenvalue weighted by molar-refractivity contribution is -0.192. The Morgan fingerprint density at radius 2 is 1.76 bits per heavy atom. The first-order chi connectivity index (χ1) is 15.4. The molecule has 1 aliphatic rings. The maximum Gasteiger partial charge on any atom is 0.490 e. The molecule has 0 unspecified atom stereocenters. The molecule has 1 aliphatic heterocycles. The predicted octanol–water partition coefficient (Wildman–Crippen LogP) is 4.18. The van der Waals surface area contributed by atoms with Crippen molar-refractivity contribution in [2.45, 2.75) is 43.8 Å². The highest BCUT2D eigenvalue weighted by molar-refractivity contribution is 7.81. The number of anilines is 1. The van der Waals surface area contributed by atoms with E-state index in [-0.39, 0.29) is 30.1 Å². The lowest BCUT2D eigenvalue weighted by Crippen LogP contribution is -2.34. The van der Waals surface area contributed by atoms with Crippen molar-refractivity contribution in [3.05, 3.63) is 53.1 Å². The molecule has 13 heteroatoms. The number of rotatable bonds is 6. The molecule has 0 spiro atoms. The molecule has 3 rings (SSSR count). The summed E-state index contributed by atoms with van der Waals surface area (Å²) in [5.41, 5.74) is 1.04. The quantitative estimate of drug-likeness (QED) is 0.354. The summed E-state index contributed by atoms with van der Waals surface area (Å²) in [5, 5.41) is 7.28. The van der Waals surface area contributed by atoms with Gasteiger partial charge in [0.05, 0.1) is 19.3 Å². The molecule has 2 aromatic rings. The number of aryl methyl sites for hydroxylation is 1. The molecule has 1 fully saturated rings. The topological polar surface area (TPSA) is 75.5 Å². The van der Waals surface area contributed by atoms with Crippen LogP contribution in [0.5, 0.6) is 0 Å². The Morgan fingerprint density at radius 1 is 1.18 bits per heavy atom. The summed E-state index contributed by atoms with van der Waals surface area (Å²) in [7, 11) is 0. The fourth-order valence-corrected chi connectivity index (χ4v) is 3.37. The standard InChI is InChI=1S/C18H20F3N3OS.C2HF3O2/c1-2-11-6-22-18(23-7-11)24-8-14(26)4-13(24)10-25-9-12-3-16(20)17(21)5-15(12)19;3-2(4,5)1(6)7/h3,5-7,13-14,26H,2,4,8-10H2,1H3;(H,6,7)/t13-,14+;/m0./s1. The van der Waals surface area contributed by atoms with E-state index in [1.807, 2.05) is 11.8 Å². The van der Waals surface area contributed by atoms with Gasteiger partial charge in [0.25, 0.3) is 0 Å². The van der Waals surface area contributed by atoms with Crippen molar-refractivity contribution >= 4 is 24.5 Å². The molecular weight excluding hydrogens is 476 g/mol. The third-order valence-corrected chi connectivity index (χ3v) is 5.02. The largest absolute Gasteiger partial charge is 0.490 e. The van der Waals surface area contributed by atoms with Crippen molar-refractivity contribution in [1.29, 1.82) is 0 Å². The number of hydrogen-bond acceptors (Lipinski definition) is 6. The van der Waals surface area contributed by atoms with Crippen LogP contribution in [-0.4, -0.2) is 51.7 Å². The average molecular weight is 497 g/mol. The number of aliphatic carboxylic acids is 1. The molecule has 0 aliphatic carbocycles. The Hall–Kier alpha value is -2.54. The third kappa shape index (κ3) is 7.77. The zero-order valence-electron chi connectivity index (χ0n) is 17.3. The van der Waals surface area contributed by atoms with Crippen LogP contribution in [0.4, 0.5) is 32.3 Å². The second kappa shape index (κ2) is 11.5. The third-order valence-electron chi connectivity index (χ3n) is 4.65. The second-order valence-electron chi connectivity index (χ2n) is 7.12. The molecule has 0 amide bonds. The highest BCUT2D eigenvalue weighted by Gasteiger charge is 2.38. The first-order valence-corrected chi connectivity index (χ1v) is 10.2. The van der Waals surface area contributed by atoms with Crippen LogP contribution in [0.3, 0.4) is 0 Å². The number of ether oxygens (including phenoxy) is 1. The van der Waals surface area contributed by atoms with Crippen LogP contribution in [0.2, 0.25) is 0 Å². The maximum absolute atomic E-state index is 13.7. The zero-order chi connectivity index (χ0) is 24.8. The Morgan fingerprint density at radius 3 is 2.30 bits per heavy atom. The molecule has 2 atom stereocenters. The van der Waals surface area contributed by atoms with Gasteiger partial charge in [-0.05, 0) is 24.5 Å². The number of alkyl halides is 3. The van der Waals surface area contributed by atoms with Gasteiger partial charge in [0.2, 0.25) is 5.95 Å². The van der Waals surface area contributed by atoms with E-state index in [0.29, 0.717) is 18.6 Å². The van der Waals surface area contributed by atoms with E-state index >= 15 is 0 Å². The Bertz CT molecular complexity index is 946. The Kier molecular flexibility index (Phi) is 9.35. The van der Waals surface area contributed by atoms with Crippen molar-refractivity contribution in [1.82, 2.24) is 9.97 Å². The van der Waals surface area contributed by atoms with Crippen molar-refractivity contribution in [2.75, 3.05) is 18.1 Å². The minimum Gasteiger partial charge on any atom is -0.475 e. The summed E-state index contributed by atoms with van der Waals surface area (Å²) in [6.45, 7) is 2.86. The first kappa shape index (κ1) is 26.7. The molecule has 1 N–H and O–H groups in total. The highest BCUT2D eigenvalue weighted by atomic mass is 32.1. The van der Waals surface area contributed by atoms with Crippen LogP contribution in [0, 0.1) is 17.5 Å². The number of carboxylic acids is 1. The number of benzene rings is 1. The lowest BCUT2D eigenvalue weighted by Gasteiger charge is -2.24. The van der Waals surface area contributed by atoms with Gasteiger partial charge in [-0.2, -0.15) is 25.8 Å². The maximum atomic E-state index is 13.7. The summed E-state index contributed by atoms with van der Waals surface area (Å²) in [4.78, 5) is 19.7. The van der Waals surface area contributed by atoms with Crippen LogP contribution in [-0.2, 0) is 22.6 Å². The second-order valence-corrected chi connectivity index (χ2v) is 7.85. The molecule has 6 nitrogen and oxygen atoms in total. The van der Waals surface area contributed by atoms with Crippen molar-refractivity contribution in [2.24, 2.45) is 0 Å². The molecule has 33 heavy (non-hydrogen) atoms.